The Bertz CT molecular complexity index is 866. The number of nitrogens with zero attached hydrogens (tertiary/aromatic N) is 4. The molecule has 0 aliphatic rings. The number of hydrogen-bond donors (Lipinski definition) is 1. The van der Waals surface area contributed by atoms with Crippen LogP contribution in [-0.4, -0.2) is 10.8 Å². The Morgan fingerprint density at radius 2 is 1.56 bits per heavy atom. The summed E-state index contributed by atoms with van der Waals surface area (Å²) in [6.07, 6.45) is 1.71. The molecular weight excluding hydrogens is 310 g/mol. The fourth-order valence-electron chi connectivity index (χ4n) is 2.33. The summed E-state index contributed by atoms with van der Waals surface area (Å²) in [4.78, 5) is 4.20. The first-order valence-electron chi connectivity index (χ1n) is 8.02. The van der Waals surface area contributed by atoms with Gasteiger partial charge in [0.25, 0.3) is 0 Å². The van der Waals surface area contributed by atoms with Gasteiger partial charge in [0, 0.05) is 11.8 Å². The number of hydrazone groups is 1. The molecule has 5 heteroatoms. The van der Waals surface area contributed by atoms with Crippen molar-refractivity contribution in [2.45, 2.75) is 13.8 Å². The minimum absolute atomic E-state index is 0.494. The zero-order valence-corrected chi connectivity index (χ0v) is 14.2. The Balaban J connectivity index is 1.93. The molecule has 0 saturated heterocycles. The normalized spacial score (nSPS) is 11.7. The van der Waals surface area contributed by atoms with Crippen LogP contribution < -0.4 is 5.43 Å². The van der Waals surface area contributed by atoms with E-state index in [-0.39, 0.29) is 0 Å². The van der Waals surface area contributed by atoms with Crippen molar-refractivity contribution < 1.29 is 0 Å². The molecule has 0 bridgehead atoms. The zero-order valence-electron chi connectivity index (χ0n) is 14.2. The van der Waals surface area contributed by atoms with E-state index in [9.17, 15) is 0 Å². The summed E-state index contributed by atoms with van der Waals surface area (Å²) in [6.45, 7) is 4.04. The highest BCUT2D eigenvalue weighted by atomic mass is 15.4. The first-order chi connectivity index (χ1) is 12.2. The zero-order chi connectivity index (χ0) is 17.5. The van der Waals surface area contributed by atoms with Crippen molar-refractivity contribution in [3.8, 4) is 0 Å². The molecular formula is C20H19N5. The Morgan fingerprint density at radius 1 is 0.840 bits per heavy atom. The van der Waals surface area contributed by atoms with Crippen molar-refractivity contribution in [3.63, 3.8) is 0 Å². The van der Waals surface area contributed by atoms with Crippen molar-refractivity contribution in [2.75, 3.05) is 5.43 Å². The fourth-order valence-corrected chi connectivity index (χ4v) is 2.33. The number of nitrogens with one attached hydrogen (secondary N) is 1. The van der Waals surface area contributed by atoms with E-state index in [0.29, 0.717) is 11.7 Å². The number of aromatic nitrogens is 1. The average molecular weight is 329 g/mol. The molecule has 0 spiro atoms. The Kier molecular flexibility index (Phi) is 5.26. The van der Waals surface area contributed by atoms with Crippen molar-refractivity contribution >= 4 is 17.3 Å². The van der Waals surface area contributed by atoms with E-state index in [0.717, 1.165) is 22.4 Å². The summed E-state index contributed by atoms with van der Waals surface area (Å²) < 4.78 is 0. The molecule has 2 aromatic carbocycles. The summed E-state index contributed by atoms with van der Waals surface area (Å²) in [6, 6.07) is 21.4. The molecule has 0 fully saturated rings. The van der Waals surface area contributed by atoms with Crippen molar-refractivity contribution in [1.29, 1.82) is 0 Å². The number of aryl methyl sites for hydroxylation is 2. The number of amidine groups is 1. The van der Waals surface area contributed by atoms with Crippen LogP contribution in [0.4, 0.5) is 11.5 Å². The minimum atomic E-state index is 0.494. The number of pyridine rings is 1. The molecule has 0 radical (unpaired) electrons. The summed E-state index contributed by atoms with van der Waals surface area (Å²) in [5.74, 6) is 1.15. The first-order valence-corrected chi connectivity index (χ1v) is 8.02. The lowest BCUT2D eigenvalue weighted by molar-refractivity contribution is 1.17. The second-order valence-corrected chi connectivity index (χ2v) is 5.57. The van der Waals surface area contributed by atoms with Gasteiger partial charge < -0.3 is 0 Å². The second kappa shape index (κ2) is 7.97. The Labute approximate surface area is 147 Å². The molecule has 0 amide bonds. The summed E-state index contributed by atoms with van der Waals surface area (Å²) >= 11 is 0. The van der Waals surface area contributed by atoms with Crippen LogP contribution in [0.1, 0.15) is 16.7 Å². The van der Waals surface area contributed by atoms with Crippen LogP contribution in [0.2, 0.25) is 0 Å². The molecule has 0 aliphatic carbocycles. The molecule has 0 saturated carbocycles. The lowest BCUT2D eigenvalue weighted by Gasteiger charge is -2.05. The number of anilines is 1. The number of hydrogen-bond acceptors (Lipinski definition) is 4. The van der Waals surface area contributed by atoms with Crippen molar-refractivity contribution in [3.05, 3.63) is 89.6 Å². The third-order valence-corrected chi connectivity index (χ3v) is 3.66. The highest BCUT2D eigenvalue weighted by Gasteiger charge is 2.05. The van der Waals surface area contributed by atoms with Gasteiger partial charge in [-0.05, 0) is 37.1 Å². The van der Waals surface area contributed by atoms with Crippen LogP contribution in [0, 0.1) is 13.8 Å². The summed E-state index contributed by atoms with van der Waals surface area (Å²) in [5, 5.41) is 13.2. The van der Waals surface area contributed by atoms with Crippen molar-refractivity contribution in [1.82, 2.24) is 4.98 Å². The van der Waals surface area contributed by atoms with Gasteiger partial charge in [0.1, 0.15) is 5.82 Å². The van der Waals surface area contributed by atoms with Crippen LogP contribution >= 0.6 is 0 Å². The Hall–Kier alpha value is -3.34. The smallest absolute Gasteiger partial charge is 0.201 e. The average Bonchev–Trinajstić information content (AvgIpc) is 2.65. The van der Waals surface area contributed by atoms with Gasteiger partial charge in [0.2, 0.25) is 5.84 Å². The van der Waals surface area contributed by atoms with Crippen molar-refractivity contribution in [2.24, 2.45) is 15.3 Å². The van der Waals surface area contributed by atoms with Gasteiger partial charge in [-0.3, -0.25) is 5.43 Å². The molecule has 3 rings (SSSR count). The molecule has 0 unspecified atom stereocenters. The van der Waals surface area contributed by atoms with E-state index in [2.05, 4.69) is 25.7 Å². The van der Waals surface area contributed by atoms with Crippen LogP contribution in [0.15, 0.2) is 88.3 Å². The van der Waals surface area contributed by atoms with E-state index in [4.69, 9.17) is 0 Å². The monoisotopic (exact) mass is 329 g/mol. The summed E-state index contributed by atoms with van der Waals surface area (Å²) in [5.41, 5.74) is 6.83. The lowest BCUT2D eigenvalue weighted by atomic mass is 10.1. The molecule has 5 nitrogen and oxygen atoms in total. The quantitative estimate of drug-likeness (QED) is 0.307. The highest BCUT2D eigenvalue weighted by molar-refractivity contribution is 5.99. The van der Waals surface area contributed by atoms with Crippen LogP contribution in [-0.2, 0) is 0 Å². The number of azo groups is 1. The molecule has 0 aliphatic heterocycles. The highest BCUT2D eigenvalue weighted by Crippen LogP contribution is 2.23. The van der Waals surface area contributed by atoms with E-state index in [1.165, 1.54) is 0 Å². The SMILES string of the molecule is Cc1cccc(C)c1/N=N/C(=N/Nc1ccccn1)c1ccccc1. The van der Waals surface area contributed by atoms with Gasteiger partial charge in [0.05, 0.1) is 5.69 Å². The van der Waals surface area contributed by atoms with E-state index in [1.807, 2.05) is 80.6 Å². The summed E-state index contributed by atoms with van der Waals surface area (Å²) in [7, 11) is 0. The first kappa shape index (κ1) is 16.5. The third-order valence-electron chi connectivity index (χ3n) is 3.66. The third kappa shape index (κ3) is 4.35. The maximum atomic E-state index is 4.43. The van der Waals surface area contributed by atoms with Crippen LogP contribution in [0.3, 0.4) is 0 Å². The lowest BCUT2D eigenvalue weighted by Crippen LogP contribution is -2.01. The number of benzene rings is 2. The van der Waals surface area contributed by atoms with Gasteiger partial charge in [-0.15, -0.1) is 10.2 Å². The van der Waals surface area contributed by atoms with Gasteiger partial charge in [0.15, 0.2) is 0 Å². The topological polar surface area (TPSA) is 62.0 Å². The molecule has 1 heterocycles. The maximum absolute atomic E-state index is 4.43. The van der Waals surface area contributed by atoms with E-state index in [1.54, 1.807) is 6.20 Å². The second-order valence-electron chi connectivity index (χ2n) is 5.57. The van der Waals surface area contributed by atoms with Gasteiger partial charge in [-0.1, -0.05) is 54.6 Å². The standard InChI is InChI=1S/C20H19N5/c1-15-9-8-10-16(2)19(15)23-25-20(17-11-4-3-5-12-17)24-22-18-13-6-7-14-21-18/h3-14H,1-2H3,(H,21,22)/b24-20+,25-23+. The number of rotatable bonds is 4. The van der Waals surface area contributed by atoms with Gasteiger partial charge in [-0.2, -0.15) is 5.10 Å². The predicted molar refractivity (Wildman–Crippen MR) is 101 cm³/mol. The molecule has 1 N–H and O–H groups in total. The fraction of sp³-hybridized carbons (Fsp3) is 0.100. The van der Waals surface area contributed by atoms with Gasteiger partial charge >= 0.3 is 0 Å². The molecule has 25 heavy (non-hydrogen) atoms. The molecule has 1 aromatic heterocycles. The Morgan fingerprint density at radius 3 is 2.24 bits per heavy atom. The van der Waals surface area contributed by atoms with E-state index < -0.39 is 0 Å². The van der Waals surface area contributed by atoms with Gasteiger partial charge in [-0.25, -0.2) is 4.98 Å². The predicted octanol–water partition coefficient (Wildman–Crippen LogP) is 5.26. The van der Waals surface area contributed by atoms with Crippen LogP contribution in [0.5, 0.6) is 0 Å². The maximum Gasteiger partial charge on any atom is 0.201 e. The largest absolute Gasteiger partial charge is 0.259 e. The molecule has 0 atom stereocenters. The van der Waals surface area contributed by atoms with Crippen LogP contribution in [0.25, 0.3) is 0 Å². The molecule has 3 aromatic rings. The van der Waals surface area contributed by atoms with E-state index >= 15 is 0 Å². The molecule has 124 valence electrons. The minimum Gasteiger partial charge on any atom is -0.259 e.